The Morgan fingerprint density at radius 2 is 2.38 bits per heavy atom. The van der Waals surface area contributed by atoms with Gasteiger partial charge in [0.15, 0.2) is 0 Å². The lowest BCUT2D eigenvalue weighted by Gasteiger charge is -2.14. The van der Waals surface area contributed by atoms with Gasteiger partial charge in [0.25, 0.3) is 0 Å². The standard InChI is InChI=1S/C10H14O3/c1-12-9(7-10(11)13-2)8-5-3-4-6-8/h3-5,9H,6-7H2,1-2H3. The predicted octanol–water partition coefficient (Wildman–Crippen LogP) is 1.45. The molecule has 0 radical (unpaired) electrons. The van der Waals surface area contributed by atoms with Gasteiger partial charge in [-0.2, -0.15) is 0 Å². The molecular weight excluding hydrogens is 168 g/mol. The first-order valence-corrected chi connectivity index (χ1v) is 4.23. The summed E-state index contributed by atoms with van der Waals surface area (Å²) in [5, 5.41) is 0. The number of ether oxygens (including phenoxy) is 2. The van der Waals surface area contributed by atoms with E-state index < -0.39 is 0 Å². The summed E-state index contributed by atoms with van der Waals surface area (Å²) in [6, 6.07) is 0. The van der Waals surface area contributed by atoms with Gasteiger partial charge in [0, 0.05) is 7.11 Å². The van der Waals surface area contributed by atoms with E-state index in [-0.39, 0.29) is 12.1 Å². The summed E-state index contributed by atoms with van der Waals surface area (Å²) in [5.74, 6) is -0.236. The smallest absolute Gasteiger partial charge is 0.308 e. The molecule has 0 amide bonds. The number of methoxy groups -OCH3 is 2. The van der Waals surface area contributed by atoms with E-state index >= 15 is 0 Å². The molecule has 3 nitrogen and oxygen atoms in total. The first-order chi connectivity index (χ1) is 6.27. The van der Waals surface area contributed by atoms with E-state index in [1.54, 1.807) is 7.11 Å². The first-order valence-electron chi connectivity index (χ1n) is 4.23. The van der Waals surface area contributed by atoms with Crippen LogP contribution in [-0.4, -0.2) is 26.3 Å². The van der Waals surface area contributed by atoms with Crippen LogP contribution in [0.2, 0.25) is 0 Å². The molecule has 0 saturated heterocycles. The number of esters is 1. The molecule has 72 valence electrons. The molecule has 0 aromatic heterocycles. The number of hydrogen-bond donors (Lipinski definition) is 0. The summed E-state index contributed by atoms with van der Waals surface area (Å²) in [4.78, 5) is 11.0. The van der Waals surface area contributed by atoms with Crippen molar-refractivity contribution in [3.63, 3.8) is 0 Å². The largest absolute Gasteiger partial charge is 0.469 e. The van der Waals surface area contributed by atoms with Crippen molar-refractivity contribution >= 4 is 5.97 Å². The molecule has 0 aromatic rings. The summed E-state index contributed by atoms with van der Waals surface area (Å²) in [7, 11) is 2.99. The zero-order chi connectivity index (χ0) is 9.68. The summed E-state index contributed by atoms with van der Waals surface area (Å²) in [6.07, 6.45) is 7.02. The molecule has 0 fully saturated rings. The van der Waals surface area contributed by atoms with Gasteiger partial charge in [-0.25, -0.2) is 0 Å². The molecule has 0 N–H and O–H groups in total. The molecule has 1 atom stereocenters. The van der Waals surface area contributed by atoms with Crippen molar-refractivity contribution in [3.05, 3.63) is 23.8 Å². The Bertz CT molecular complexity index is 241. The van der Waals surface area contributed by atoms with Crippen LogP contribution < -0.4 is 0 Å². The lowest BCUT2D eigenvalue weighted by molar-refractivity contribution is -0.142. The molecule has 3 heteroatoms. The van der Waals surface area contributed by atoms with E-state index in [9.17, 15) is 4.79 Å². The van der Waals surface area contributed by atoms with Crippen LogP contribution in [0, 0.1) is 0 Å². The molecule has 13 heavy (non-hydrogen) atoms. The molecule has 0 aromatic carbocycles. The number of allylic oxidation sites excluding steroid dienone is 3. The highest BCUT2D eigenvalue weighted by Crippen LogP contribution is 2.19. The summed E-state index contributed by atoms with van der Waals surface area (Å²) in [6.45, 7) is 0. The predicted molar refractivity (Wildman–Crippen MR) is 49.3 cm³/mol. The Morgan fingerprint density at radius 1 is 1.62 bits per heavy atom. The van der Waals surface area contributed by atoms with Crippen molar-refractivity contribution in [2.24, 2.45) is 0 Å². The normalized spacial score (nSPS) is 16.9. The van der Waals surface area contributed by atoms with Gasteiger partial charge in [0.2, 0.25) is 0 Å². The average molecular weight is 182 g/mol. The number of rotatable bonds is 4. The van der Waals surface area contributed by atoms with E-state index in [0.717, 1.165) is 12.0 Å². The van der Waals surface area contributed by atoms with E-state index in [4.69, 9.17) is 4.74 Å². The van der Waals surface area contributed by atoms with Crippen LogP contribution >= 0.6 is 0 Å². The van der Waals surface area contributed by atoms with Crippen molar-refractivity contribution in [3.8, 4) is 0 Å². The molecular formula is C10H14O3. The Hall–Kier alpha value is -1.09. The van der Waals surface area contributed by atoms with Gasteiger partial charge >= 0.3 is 5.97 Å². The van der Waals surface area contributed by atoms with Crippen LogP contribution in [0.3, 0.4) is 0 Å². The van der Waals surface area contributed by atoms with Crippen LogP contribution in [0.15, 0.2) is 23.8 Å². The molecule has 0 saturated carbocycles. The Kier molecular flexibility index (Phi) is 3.71. The number of hydrogen-bond acceptors (Lipinski definition) is 3. The first kappa shape index (κ1) is 9.99. The molecule has 1 aliphatic carbocycles. The molecule has 0 heterocycles. The fourth-order valence-electron chi connectivity index (χ4n) is 1.30. The van der Waals surface area contributed by atoms with Gasteiger partial charge in [-0.15, -0.1) is 0 Å². The highest BCUT2D eigenvalue weighted by atomic mass is 16.5. The van der Waals surface area contributed by atoms with Crippen LogP contribution in [0.1, 0.15) is 12.8 Å². The maximum Gasteiger partial charge on any atom is 0.308 e. The zero-order valence-electron chi connectivity index (χ0n) is 7.95. The number of carbonyl (C=O) groups excluding carboxylic acids is 1. The van der Waals surface area contributed by atoms with Gasteiger partial charge in [-0.05, 0) is 12.0 Å². The van der Waals surface area contributed by atoms with Crippen molar-refractivity contribution < 1.29 is 14.3 Å². The molecule has 0 bridgehead atoms. The third-order valence-electron chi connectivity index (χ3n) is 2.08. The molecule has 1 rings (SSSR count). The second-order valence-corrected chi connectivity index (χ2v) is 2.88. The van der Waals surface area contributed by atoms with Gasteiger partial charge < -0.3 is 9.47 Å². The summed E-state index contributed by atoms with van der Waals surface area (Å²) in [5.41, 5.74) is 1.13. The minimum Gasteiger partial charge on any atom is -0.469 e. The third-order valence-corrected chi connectivity index (χ3v) is 2.08. The van der Waals surface area contributed by atoms with Crippen molar-refractivity contribution in [1.29, 1.82) is 0 Å². The fourth-order valence-corrected chi connectivity index (χ4v) is 1.30. The van der Waals surface area contributed by atoms with Gasteiger partial charge in [-0.1, -0.05) is 18.2 Å². The molecule has 1 unspecified atom stereocenters. The highest BCUT2D eigenvalue weighted by Gasteiger charge is 2.18. The third kappa shape index (κ3) is 2.70. The SMILES string of the molecule is COC(=O)CC(OC)C1=CC=CC1. The van der Waals surface area contributed by atoms with E-state index in [0.29, 0.717) is 6.42 Å². The minimum atomic E-state index is -0.236. The molecule has 0 aliphatic heterocycles. The average Bonchev–Trinajstić information content (AvgIpc) is 2.66. The number of carbonyl (C=O) groups is 1. The quantitative estimate of drug-likeness (QED) is 0.617. The zero-order valence-corrected chi connectivity index (χ0v) is 7.95. The van der Waals surface area contributed by atoms with Crippen molar-refractivity contribution in [2.45, 2.75) is 18.9 Å². The Balaban J connectivity index is 2.48. The lowest BCUT2D eigenvalue weighted by Crippen LogP contribution is -2.18. The van der Waals surface area contributed by atoms with E-state index in [2.05, 4.69) is 4.74 Å². The summed E-state index contributed by atoms with van der Waals surface area (Å²) >= 11 is 0. The Labute approximate surface area is 78.0 Å². The second-order valence-electron chi connectivity index (χ2n) is 2.88. The molecule has 0 spiro atoms. The van der Waals surface area contributed by atoms with Crippen molar-refractivity contribution in [1.82, 2.24) is 0 Å². The lowest BCUT2D eigenvalue weighted by atomic mass is 10.1. The van der Waals surface area contributed by atoms with E-state index in [1.807, 2.05) is 18.2 Å². The Morgan fingerprint density at radius 3 is 2.85 bits per heavy atom. The fraction of sp³-hybridized carbons (Fsp3) is 0.500. The highest BCUT2D eigenvalue weighted by molar-refractivity contribution is 5.70. The topological polar surface area (TPSA) is 35.5 Å². The van der Waals surface area contributed by atoms with Crippen LogP contribution in [0.4, 0.5) is 0 Å². The van der Waals surface area contributed by atoms with Gasteiger partial charge in [-0.3, -0.25) is 4.79 Å². The van der Waals surface area contributed by atoms with E-state index in [1.165, 1.54) is 7.11 Å². The molecule has 1 aliphatic rings. The maximum atomic E-state index is 11.0. The van der Waals surface area contributed by atoms with Gasteiger partial charge in [0.1, 0.15) is 0 Å². The van der Waals surface area contributed by atoms with Crippen LogP contribution in [-0.2, 0) is 14.3 Å². The summed E-state index contributed by atoms with van der Waals surface area (Å²) < 4.78 is 9.77. The van der Waals surface area contributed by atoms with Crippen LogP contribution in [0.25, 0.3) is 0 Å². The monoisotopic (exact) mass is 182 g/mol. The van der Waals surface area contributed by atoms with Crippen LogP contribution in [0.5, 0.6) is 0 Å². The van der Waals surface area contributed by atoms with Gasteiger partial charge in [0.05, 0.1) is 19.6 Å². The second kappa shape index (κ2) is 4.82. The maximum absolute atomic E-state index is 11.0. The van der Waals surface area contributed by atoms with Crippen molar-refractivity contribution in [2.75, 3.05) is 14.2 Å². The minimum absolute atomic E-state index is 0.137.